The van der Waals surface area contributed by atoms with E-state index in [1.54, 1.807) is 13.0 Å². The van der Waals surface area contributed by atoms with E-state index in [2.05, 4.69) is 27.5 Å². The highest BCUT2D eigenvalue weighted by Crippen LogP contribution is 2.39. The predicted molar refractivity (Wildman–Crippen MR) is 122 cm³/mol. The second-order valence-electron chi connectivity index (χ2n) is 8.49. The van der Waals surface area contributed by atoms with Gasteiger partial charge in [-0.05, 0) is 68.8 Å². The van der Waals surface area contributed by atoms with Crippen LogP contribution < -0.4 is 10.1 Å². The lowest BCUT2D eigenvalue weighted by Gasteiger charge is -2.30. The van der Waals surface area contributed by atoms with E-state index in [9.17, 15) is 13.2 Å². The average Bonchev–Trinajstić information content (AvgIpc) is 2.78. The fraction of sp³-hybridized carbons (Fsp3) is 0.360. The number of likely N-dealkylation sites (N-methyl/N-ethyl adjacent to an activating group) is 1. The van der Waals surface area contributed by atoms with Crippen molar-refractivity contribution in [3.63, 3.8) is 0 Å². The molecule has 1 fully saturated rings. The van der Waals surface area contributed by atoms with E-state index in [1.807, 2.05) is 36.4 Å². The third kappa shape index (κ3) is 5.82. The van der Waals surface area contributed by atoms with Gasteiger partial charge in [-0.2, -0.15) is 13.2 Å². The van der Waals surface area contributed by atoms with Gasteiger partial charge >= 0.3 is 6.18 Å². The van der Waals surface area contributed by atoms with Crippen molar-refractivity contribution in [3.05, 3.63) is 71.3 Å². The summed E-state index contributed by atoms with van der Waals surface area (Å²) < 4.78 is 46.2. The molecule has 5 nitrogen and oxygen atoms in total. The molecule has 8 heteroatoms. The Morgan fingerprint density at radius 1 is 1.09 bits per heavy atom. The highest BCUT2D eigenvalue weighted by Gasteiger charge is 2.32. The van der Waals surface area contributed by atoms with Gasteiger partial charge in [0, 0.05) is 18.2 Å². The maximum Gasteiger partial charge on any atom is 0.416 e. The molecular weight excluding hydrogens is 429 g/mol. The van der Waals surface area contributed by atoms with Crippen LogP contribution in [0.1, 0.15) is 29.5 Å². The lowest BCUT2D eigenvalue weighted by atomic mass is 10.0. The van der Waals surface area contributed by atoms with Crippen LogP contribution in [0.3, 0.4) is 0 Å². The minimum absolute atomic E-state index is 0.134. The Hall–Kier alpha value is -3.13. The zero-order valence-corrected chi connectivity index (χ0v) is 18.7. The molecule has 2 heterocycles. The Labute approximate surface area is 191 Å². The van der Waals surface area contributed by atoms with Crippen molar-refractivity contribution in [2.75, 3.05) is 25.5 Å². The van der Waals surface area contributed by atoms with Gasteiger partial charge in [0.2, 0.25) is 0 Å². The van der Waals surface area contributed by atoms with Gasteiger partial charge in [-0.1, -0.05) is 30.3 Å². The molecule has 0 aliphatic carbocycles. The summed E-state index contributed by atoms with van der Waals surface area (Å²) in [5, 5.41) is 12.0. The molecule has 33 heavy (non-hydrogen) atoms. The monoisotopic (exact) mass is 456 g/mol. The van der Waals surface area contributed by atoms with Crippen LogP contribution in [0.2, 0.25) is 0 Å². The number of alkyl halides is 3. The van der Waals surface area contributed by atoms with Gasteiger partial charge in [0.1, 0.15) is 18.2 Å². The number of nitrogens with zero attached hydrogens (tertiary/aromatic N) is 3. The molecule has 0 radical (unpaired) electrons. The summed E-state index contributed by atoms with van der Waals surface area (Å²) in [7, 11) is 2.09. The van der Waals surface area contributed by atoms with Gasteiger partial charge < -0.3 is 15.0 Å². The zero-order chi connectivity index (χ0) is 23.4. The van der Waals surface area contributed by atoms with E-state index < -0.39 is 11.7 Å². The number of aromatic nitrogens is 2. The number of aryl methyl sites for hydroxylation is 1. The quantitative estimate of drug-likeness (QED) is 0.527. The molecule has 1 aliphatic heterocycles. The Kier molecular flexibility index (Phi) is 6.83. The first kappa shape index (κ1) is 23.0. The van der Waals surface area contributed by atoms with Crippen molar-refractivity contribution in [2.24, 2.45) is 0 Å². The first-order valence-corrected chi connectivity index (χ1v) is 11.0. The molecule has 1 N–H and O–H groups in total. The van der Waals surface area contributed by atoms with Crippen LogP contribution in [0.25, 0.3) is 11.3 Å². The minimum Gasteiger partial charge on any atom is -0.488 e. The molecule has 1 aliphatic rings. The van der Waals surface area contributed by atoms with E-state index in [4.69, 9.17) is 4.74 Å². The number of hydrogen-bond donors (Lipinski definition) is 1. The molecule has 0 bridgehead atoms. The number of ether oxygens (including phenoxy) is 1. The second kappa shape index (κ2) is 9.79. The maximum atomic E-state index is 13.5. The number of nitrogens with one attached hydrogen (secondary N) is 1. The summed E-state index contributed by atoms with van der Waals surface area (Å²) in [6.07, 6.45) is -2.30. The molecule has 0 spiro atoms. The smallest absolute Gasteiger partial charge is 0.416 e. The average molecular weight is 457 g/mol. The Bertz CT molecular complexity index is 1070. The van der Waals surface area contributed by atoms with Crippen molar-refractivity contribution in [2.45, 2.75) is 38.6 Å². The van der Waals surface area contributed by atoms with Crippen LogP contribution >= 0.6 is 0 Å². The van der Waals surface area contributed by atoms with E-state index in [0.717, 1.165) is 43.6 Å². The summed E-state index contributed by atoms with van der Waals surface area (Å²) >= 11 is 0. The van der Waals surface area contributed by atoms with Crippen molar-refractivity contribution < 1.29 is 17.9 Å². The Balaban J connectivity index is 1.61. The fourth-order valence-corrected chi connectivity index (χ4v) is 4.13. The van der Waals surface area contributed by atoms with Crippen LogP contribution in [0.4, 0.5) is 19.0 Å². The Morgan fingerprint density at radius 2 is 1.88 bits per heavy atom. The van der Waals surface area contributed by atoms with Gasteiger partial charge in [-0.3, -0.25) is 0 Å². The summed E-state index contributed by atoms with van der Waals surface area (Å²) in [4.78, 5) is 2.27. The van der Waals surface area contributed by atoms with Crippen LogP contribution in [0.5, 0.6) is 5.75 Å². The van der Waals surface area contributed by atoms with Crippen molar-refractivity contribution >= 4 is 5.82 Å². The van der Waals surface area contributed by atoms with Crippen molar-refractivity contribution in [1.29, 1.82) is 0 Å². The van der Waals surface area contributed by atoms with Gasteiger partial charge in [0.25, 0.3) is 0 Å². The summed E-state index contributed by atoms with van der Waals surface area (Å²) in [5.74, 6) is 0.783. The fourth-order valence-electron chi connectivity index (χ4n) is 4.13. The van der Waals surface area contributed by atoms with Gasteiger partial charge in [-0.25, -0.2) is 0 Å². The Morgan fingerprint density at radius 3 is 2.55 bits per heavy atom. The third-order valence-corrected chi connectivity index (χ3v) is 5.76. The lowest BCUT2D eigenvalue weighted by Crippen LogP contribution is -2.39. The van der Waals surface area contributed by atoms with E-state index in [1.165, 1.54) is 0 Å². The minimum atomic E-state index is -4.47. The molecule has 0 unspecified atom stereocenters. The molecule has 3 aromatic rings. The van der Waals surface area contributed by atoms with Crippen molar-refractivity contribution in [1.82, 2.24) is 15.1 Å². The van der Waals surface area contributed by atoms with Crippen LogP contribution in [0.15, 0.2) is 54.6 Å². The number of benzene rings is 2. The van der Waals surface area contributed by atoms with Crippen LogP contribution in [0, 0.1) is 6.92 Å². The standard InChI is InChI=1S/C25H27F3N4O/c1-17-13-19(25(26,27)28)14-22(33-16-18-7-4-3-5-8-18)24(17)21-10-11-23(31-30-21)29-20-9-6-12-32(2)15-20/h3-5,7-8,10-11,13-14,20H,6,9,12,15-16H2,1-2H3,(H,29,31)/t20-/m1/s1. The number of rotatable bonds is 6. The molecule has 1 atom stereocenters. The highest BCUT2D eigenvalue weighted by molar-refractivity contribution is 5.72. The molecule has 2 aromatic carbocycles. The summed E-state index contributed by atoms with van der Waals surface area (Å²) in [5.41, 5.74) is 1.52. The number of likely N-dealkylation sites (tertiary alicyclic amines) is 1. The van der Waals surface area contributed by atoms with Gasteiger partial charge in [-0.15, -0.1) is 10.2 Å². The third-order valence-electron chi connectivity index (χ3n) is 5.76. The lowest BCUT2D eigenvalue weighted by molar-refractivity contribution is -0.137. The summed E-state index contributed by atoms with van der Waals surface area (Å²) in [6.45, 7) is 3.79. The first-order chi connectivity index (χ1) is 15.8. The zero-order valence-electron chi connectivity index (χ0n) is 18.7. The van der Waals surface area contributed by atoms with Crippen LogP contribution in [-0.2, 0) is 12.8 Å². The number of halogens is 3. The molecule has 1 aromatic heterocycles. The molecular formula is C25H27F3N4O. The molecule has 0 amide bonds. The largest absolute Gasteiger partial charge is 0.488 e. The molecule has 4 rings (SSSR count). The first-order valence-electron chi connectivity index (χ1n) is 11.0. The van der Waals surface area contributed by atoms with Gasteiger partial charge in [0.15, 0.2) is 0 Å². The van der Waals surface area contributed by atoms with Crippen LogP contribution in [-0.4, -0.2) is 41.3 Å². The van der Waals surface area contributed by atoms with Crippen molar-refractivity contribution in [3.8, 4) is 17.0 Å². The highest BCUT2D eigenvalue weighted by atomic mass is 19.4. The second-order valence-corrected chi connectivity index (χ2v) is 8.49. The predicted octanol–water partition coefficient (Wildman–Crippen LogP) is 5.56. The normalized spacial score (nSPS) is 17.1. The molecule has 0 saturated carbocycles. The SMILES string of the molecule is Cc1cc(C(F)(F)F)cc(OCc2ccccc2)c1-c1ccc(N[C@@H]2CCCN(C)C2)nn1. The molecule has 1 saturated heterocycles. The molecule has 174 valence electrons. The van der Waals surface area contributed by atoms with Gasteiger partial charge in [0.05, 0.1) is 11.3 Å². The number of hydrogen-bond acceptors (Lipinski definition) is 5. The summed E-state index contributed by atoms with van der Waals surface area (Å²) in [6, 6.07) is 15.4. The van der Waals surface area contributed by atoms with E-state index >= 15 is 0 Å². The number of piperidine rings is 1. The maximum absolute atomic E-state index is 13.5. The number of anilines is 1. The topological polar surface area (TPSA) is 50.3 Å². The van der Waals surface area contributed by atoms with E-state index in [-0.39, 0.29) is 12.4 Å². The van der Waals surface area contributed by atoms with E-state index in [0.29, 0.717) is 28.7 Å².